The first-order valence-corrected chi connectivity index (χ1v) is 10.9. The van der Waals surface area contributed by atoms with E-state index in [9.17, 15) is 9.59 Å². The first-order valence-electron chi connectivity index (χ1n) is 10.9. The lowest BCUT2D eigenvalue weighted by Gasteiger charge is -2.25. The molecule has 1 aliphatic heterocycles. The number of carbonyl (C=O) groups is 2. The van der Waals surface area contributed by atoms with Gasteiger partial charge in [-0.3, -0.25) is 9.59 Å². The summed E-state index contributed by atoms with van der Waals surface area (Å²) in [4.78, 5) is 24.5. The Morgan fingerprint density at radius 2 is 1.97 bits per heavy atom. The molecule has 0 aliphatic carbocycles. The molecule has 2 atom stereocenters. The molecule has 0 radical (unpaired) electrons. The van der Waals surface area contributed by atoms with Crippen LogP contribution in [0.15, 0.2) is 60.7 Å². The van der Waals surface area contributed by atoms with Gasteiger partial charge in [-0.1, -0.05) is 56.7 Å². The number of amides is 2. The molecular formula is C25H28N4O2. The van der Waals surface area contributed by atoms with Crippen LogP contribution in [-0.2, 0) is 16.0 Å². The monoisotopic (exact) mass is 416 g/mol. The van der Waals surface area contributed by atoms with Crippen molar-refractivity contribution in [2.45, 2.75) is 33.1 Å². The van der Waals surface area contributed by atoms with Crippen molar-refractivity contribution in [3.63, 3.8) is 0 Å². The number of piperidine rings is 1. The minimum absolute atomic E-state index is 0.00616. The Kier molecular flexibility index (Phi) is 6.16. The molecule has 6 nitrogen and oxygen atoms in total. The summed E-state index contributed by atoms with van der Waals surface area (Å²) in [6.45, 7) is 4.38. The molecule has 0 spiro atoms. The molecule has 0 saturated carbocycles. The number of hydrogen-bond acceptors (Lipinski definition) is 3. The zero-order valence-corrected chi connectivity index (χ0v) is 18.0. The van der Waals surface area contributed by atoms with Crippen molar-refractivity contribution in [2.24, 2.45) is 11.8 Å². The number of anilines is 1. The summed E-state index contributed by atoms with van der Waals surface area (Å²) in [5.41, 5.74) is 4.18. The number of carbonyl (C=O) groups excluding carboxylic acids is 2. The molecule has 2 N–H and O–H groups in total. The summed E-state index contributed by atoms with van der Waals surface area (Å²) in [5, 5.41) is 10.5. The Bertz CT molecular complexity index is 1070. The van der Waals surface area contributed by atoms with Crippen molar-refractivity contribution in [2.75, 3.05) is 11.9 Å². The van der Waals surface area contributed by atoms with Crippen LogP contribution in [0.1, 0.15) is 32.3 Å². The van der Waals surface area contributed by atoms with E-state index in [1.807, 2.05) is 48.0 Å². The van der Waals surface area contributed by atoms with Crippen molar-refractivity contribution in [1.29, 1.82) is 0 Å². The summed E-state index contributed by atoms with van der Waals surface area (Å²) in [6, 6.07) is 20.3. The number of rotatable bonds is 6. The molecule has 1 fully saturated rings. The van der Waals surface area contributed by atoms with Crippen molar-refractivity contribution < 1.29 is 9.59 Å². The van der Waals surface area contributed by atoms with Gasteiger partial charge < -0.3 is 10.6 Å². The van der Waals surface area contributed by atoms with Crippen LogP contribution in [0.2, 0.25) is 0 Å². The van der Waals surface area contributed by atoms with E-state index in [1.54, 1.807) is 0 Å². The summed E-state index contributed by atoms with van der Waals surface area (Å²) < 4.78 is 1.87. The van der Waals surface area contributed by atoms with Gasteiger partial charge in [-0.2, -0.15) is 0 Å². The van der Waals surface area contributed by atoms with Crippen molar-refractivity contribution >= 4 is 17.6 Å². The highest BCUT2D eigenvalue weighted by Crippen LogP contribution is 2.28. The SMILES string of the molecule is CCCc1cccc(-c2cc(NC(=O)C3CNC(=O)[C@H](C)C3)nn2-c2ccccc2)c1. The molecule has 2 aromatic carbocycles. The van der Waals surface area contributed by atoms with E-state index >= 15 is 0 Å². The molecule has 160 valence electrons. The maximum absolute atomic E-state index is 12.8. The van der Waals surface area contributed by atoms with Gasteiger partial charge in [-0.05, 0) is 36.6 Å². The summed E-state index contributed by atoms with van der Waals surface area (Å²) >= 11 is 0. The van der Waals surface area contributed by atoms with Crippen LogP contribution in [0.25, 0.3) is 16.9 Å². The first kappa shape index (κ1) is 20.8. The fraction of sp³-hybridized carbons (Fsp3) is 0.320. The number of aromatic nitrogens is 2. The topological polar surface area (TPSA) is 76.0 Å². The first-order chi connectivity index (χ1) is 15.0. The maximum atomic E-state index is 12.8. The predicted molar refractivity (Wildman–Crippen MR) is 122 cm³/mol. The molecule has 4 rings (SSSR count). The normalized spacial score (nSPS) is 18.5. The van der Waals surface area contributed by atoms with E-state index < -0.39 is 0 Å². The lowest BCUT2D eigenvalue weighted by Crippen LogP contribution is -2.44. The summed E-state index contributed by atoms with van der Waals surface area (Å²) in [7, 11) is 0. The van der Waals surface area contributed by atoms with E-state index in [4.69, 9.17) is 5.10 Å². The van der Waals surface area contributed by atoms with Crippen molar-refractivity contribution in [3.05, 3.63) is 66.2 Å². The Balaban J connectivity index is 1.65. The zero-order valence-electron chi connectivity index (χ0n) is 18.0. The van der Waals surface area contributed by atoms with Crippen LogP contribution < -0.4 is 10.6 Å². The Morgan fingerprint density at radius 1 is 1.16 bits per heavy atom. The fourth-order valence-electron chi connectivity index (χ4n) is 4.03. The smallest absolute Gasteiger partial charge is 0.230 e. The predicted octanol–water partition coefficient (Wildman–Crippen LogP) is 4.20. The second-order valence-corrected chi connectivity index (χ2v) is 8.18. The minimum atomic E-state index is -0.258. The average molecular weight is 417 g/mol. The van der Waals surface area contributed by atoms with Crippen LogP contribution >= 0.6 is 0 Å². The number of benzene rings is 2. The third kappa shape index (κ3) is 4.68. The molecular weight excluding hydrogens is 388 g/mol. The number of aryl methyl sites for hydroxylation is 1. The Hall–Kier alpha value is -3.41. The lowest BCUT2D eigenvalue weighted by molar-refractivity contribution is -0.129. The van der Waals surface area contributed by atoms with Gasteiger partial charge >= 0.3 is 0 Å². The molecule has 2 amide bonds. The fourth-order valence-corrected chi connectivity index (χ4v) is 4.03. The molecule has 0 bridgehead atoms. The van der Waals surface area contributed by atoms with Crippen LogP contribution in [0, 0.1) is 11.8 Å². The average Bonchev–Trinajstić information content (AvgIpc) is 3.20. The molecule has 2 heterocycles. The highest BCUT2D eigenvalue weighted by atomic mass is 16.2. The van der Waals surface area contributed by atoms with E-state index in [1.165, 1.54) is 5.56 Å². The lowest BCUT2D eigenvalue weighted by atomic mass is 9.90. The van der Waals surface area contributed by atoms with Crippen LogP contribution in [0.3, 0.4) is 0 Å². The van der Waals surface area contributed by atoms with Gasteiger partial charge in [0.2, 0.25) is 11.8 Å². The van der Waals surface area contributed by atoms with E-state index in [2.05, 4.69) is 41.8 Å². The summed E-state index contributed by atoms with van der Waals surface area (Å²) in [6.07, 6.45) is 2.64. The van der Waals surface area contributed by atoms with Crippen LogP contribution in [0.4, 0.5) is 5.82 Å². The quantitative estimate of drug-likeness (QED) is 0.632. The van der Waals surface area contributed by atoms with Crippen molar-refractivity contribution in [1.82, 2.24) is 15.1 Å². The van der Waals surface area contributed by atoms with Gasteiger partial charge in [0.1, 0.15) is 0 Å². The number of para-hydroxylation sites is 1. The largest absolute Gasteiger partial charge is 0.355 e. The van der Waals surface area contributed by atoms with Gasteiger partial charge in [-0.15, -0.1) is 5.10 Å². The Labute approximate surface area is 182 Å². The van der Waals surface area contributed by atoms with Gasteiger partial charge in [0, 0.05) is 24.1 Å². The van der Waals surface area contributed by atoms with Gasteiger partial charge in [0.25, 0.3) is 0 Å². The van der Waals surface area contributed by atoms with E-state index in [-0.39, 0.29) is 23.7 Å². The Morgan fingerprint density at radius 3 is 2.71 bits per heavy atom. The molecule has 3 aromatic rings. The minimum Gasteiger partial charge on any atom is -0.355 e. The van der Waals surface area contributed by atoms with Gasteiger partial charge in [0.15, 0.2) is 5.82 Å². The van der Waals surface area contributed by atoms with Crippen LogP contribution in [0.5, 0.6) is 0 Å². The number of nitrogens with zero attached hydrogens (tertiary/aromatic N) is 2. The van der Waals surface area contributed by atoms with E-state index in [0.29, 0.717) is 18.8 Å². The molecule has 1 unspecified atom stereocenters. The highest BCUT2D eigenvalue weighted by Gasteiger charge is 2.30. The van der Waals surface area contributed by atoms with Gasteiger partial charge in [0.05, 0.1) is 17.3 Å². The standard InChI is InChI=1S/C25H28N4O2/c1-3-8-18-9-7-10-19(14-18)22-15-23(28-29(22)21-11-5-4-6-12-21)27-25(31)20-13-17(2)24(30)26-16-20/h4-7,9-12,14-15,17,20H,3,8,13,16H2,1-2H3,(H,26,30)(H,27,28,31)/t17-,20?/m1/s1. The van der Waals surface area contributed by atoms with Gasteiger partial charge in [-0.25, -0.2) is 4.68 Å². The summed E-state index contributed by atoms with van der Waals surface area (Å²) in [5.74, 6) is -0.0223. The number of nitrogens with one attached hydrogen (secondary N) is 2. The molecule has 1 aliphatic rings. The molecule has 1 aromatic heterocycles. The third-order valence-corrected chi connectivity index (χ3v) is 5.70. The van der Waals surface area contributed by atoms with Crippen LogP contribution in [-0.4, -0.2) is 28.1 Å². The zero-order chi connectivity index (χ0) is 21.8. The van der Waals surface area contributed by atoms with E-state index in [0.717, 1.165) is 29.8 Å². The highest BCUT2D eigenvalue weighted by molar-refractivity contribution is 5.94. The molecule has 1 saturated heterocycles. The second-order valence-electron chi connectivity index (χ2n) is 8.18. The third-order valence-electron chi connectivity index (χ3n) is 5.70. The van der Waals surface area contributed by atoms with Crippen molar-refractivity contribution in [3.8, 4) is 16.9 Å². The second kappa shape index (κ2) is 9.16. The molecule has 31 heavy (non-hydrogen) atoms. The maximum Gasteiger partial charge on any atom is 0.230 e. The number of hydrogen-bond donors (Lipinski definition) is 2. The molecule has 6 heteroatoms.